The number of likely N-dealkylation sites (tertiary alicyclic amines) is 1. The Bertz CT molecular complexity index is 1040. The van der Waals surface area contributed by atoms with Gasteiger partial charge in [-0.2, -0.15) is 13.2 Å². The molecule has 2 atom stereocenters. The van der Waals surface area contributed by atoms with Crippen molar-refractivity contribution in [3.8, 4) is 0 Å². The van der Waals surface area contributed by atoms with E-state index in [0.717, 1.165) is 25.0 Å². The van der Waals surface area contributed by atoms with Crippen molar-refractivity contribution in [2.45, 2.75) is 71.5 Å². The molecule has 0 aliphatic carbocycles. The molecule has 0 radical (unpaired) electrons. The van der Waals surface area contributed by atoms with Gasteiger partial charge < -0.3 is 15.3 Å². The number of allylic oxidation sites excluding steroid dienone is 4. The van der Waals surface area contributed by atoms with Gasteiger partial charge in [-0.05, 0) is 87.8 Å². The van der Waals surface area contributed by atoms with Gasteiger partial charge in [0.2, 0.25) is 5.91 Å². The van der Waals surface area contributed by atoms with Crippen LogP contribution in [0.5, 0.6) is 0 Å². The van der Waals surface area contributed by atoms with Crippen LogP contribution in [0.3, 0.4) is 0 Å². The molecule has 0 spiro atoms. The van der Waals surface area contributed by atoms with Crippen molar-refractivity contribution in [1.29, 1.82) is 0 Å². The lowest BCUT2D eigenvalue weighted by molar-refractivity contribution is -0.127. The number of hydrogen-bond donors (Lipinski definition) is 2. The summed E-state index contributed by atoms with van der Waals surface area (Å²) in [6, 6.07) is 4.69. The number of carbonyl (C=O) groups excluding carboxylic acids is 1. The summed E-state index contributed by atoms with van der Waals surface area (Å²) < 4.78 is 38.8. The van der Waals surface area contributed by atoms with E-state index >= 15 is 0 Å². The van der Waals surface area contributed by atoms with E-state index in [9.17, 15) is 27.9 Å². The van der Waals surface area contributed by atoms with Crippen molar-refractivity contribution in [2.24, 2.45) is 11.8 Å². The summed E-state index contributed by atoms with van der Waals surface area (Å²) in [5, 5.41) is 13.1. The van der Waals surface area contributed by atoms with Crippen LogP contribution in [0.4, 0.5) is 13.2 Å². The Kier molecular flexibility index (Phi) is 11.9. The molecule has 38 heavy (non-hydrogen) atoms. The number of aromatic carboxylic acids is 1. The Labute approximate surface area is 228 Å². The molecule has 1 aromatic carbocycles. The van der Waals surface area contributed by atoms with E-state index < -0.39 is 17.7 Å². The zero-order valence-electron chi connectivity index (χ0n) is 22.3. The Balaban J connectivity index is 1.92. The maximum atomic E-state index is 13.0. The van der Waals surface area contributed by atoms with Crippen LogP contribution in [0.25, 0.3) is 0 Å². The fourth-order valence-electron chi connectivity index (χ4n) is 4.87. The number of carboxylic acids is 1. The lowest BCUT2D eigenvalue weighted by Gasteiger charge is -2.34. The van der Waals surface area contributed by atoms with Gasteiger partial charge in [0.05, 0.1) is 11.1 Å². The second-order valence-electron chi connectivity index (χ2n) is 9.82. The number of hydrogen-bond acceptors (Lipinski definition) is 3. The standard InChI is InChI=1S/C29H38ClF3N2O3/c1-5-7-21(9-10-23-18-25(30)12-13-26(23)28(37)38)20(4)34-27(36)22-14-16-35(17-15-22)19(3)8-11-24(6-2)29(31,32)33/h6,8,11-13,18,20-22H,3,5,7,9-10,14-17H2,1-2,4H3,(H,34,36)(H,37,38)/b11-8-,24-6+/t20-,21-/m0/s1. The van der Waals surface area contributed by atoms with Crippen LogP contribution in [0.1, 0.15) is 68.8 Å². The van der Waals surface area contributed by atoms with E-state index in [1.807, 2.05) is 11.8 Å². The van der Waals surface area contributed by atoms with Gasteiger partial charge >= 0.3 is 12.1 Å². The smallest absolute Gasteiger partial charge is 0.416 e. The molecule has 1 fully saturated rings. The largest absolute Gasteiger partial charge is 0.478 e. The highest BCUT2D eigenvalue weighted by Gasteiger charge is 2.31. The number of rotatable bonds is 12. The Morgan fingerprint density at radius 3 is 2.45 bits per heavy atom. The molecule has 1 amide bonds. The fraction of sp³-hybridized carbons (Fsp3) is 0.517. The first-order valence-corrected chi connectivity index (χ1v) is 13.4. The van der Waals surface area contributed by atoms with E-state index in [1.165, 1.54) is 19.1 Å². The number of nitrogens with zero attached hydrogens (tertiary/aromatic N) is 1. The zero-order valence-corrected chi connectivity index (χ0v) is 23.0. The van der Waals surface area contributed by atoms with Gasteiger partial charge in [0.25, 0.3) is 0 Å². The number of carboxylic acid groups (broad SMARTS) is 1. The third-order valence-corrected chi connectivity index (χ3v) is 7.42. The van der Waals surface area contributed by atoms with Crippen molar-refractivity contribution in [1.82, 2.24) is 10.2 Å². The first-order chi connectivity index (χ1) is 17.9. The molecule has 1 saturated heterocycles. The van der Waals surface area contributed by atoms with E-state index in [1.54, 1.807) is 12.1 Å². The monoisotopic (exact) mass is 554 g/mol. The summed E-state index contributed by atoms with van der Waals surface area (Å²) in [5.74, 6) is -1.02. The average molecular weight is 555 g/mol. The van der Waals surface area contributed by atoms with Gasteiger partial charge in [-0.1, -0.05) is 37.6 Å². The minimum atomic E-state index is -4.41. The van der Waals surface area contributed by atoms with Gasteiger partial charge in [0.1, 0.15) is 0 Å². The predicted molar refractivity (Wildman–Crippen MR) is 145 cm³/mol. The summed E-state index contributed by atoms with van der Waals surface area (Å²) in [5.41, 5.74) is 0.691. The minimum absolute atomic E-state index is 0.0262. The van der Waals surface area contributed by atoms with E-state index in [4.69, 9.17) is 11.6 Å². The predicted octanol–water partition coefficient (Wildman–Crippen LogP) is 7.18. The second-order valence-corrected chi connectivity index (χ2v) is 10.3. The van der Waals surface area contributed by atoms with Crippen LogP contribution < -0.4 is 5.32 Å². The van der Waals surface area contributed by atoms with E-state index in [2.05, 4.69) is 18.8 Å². The van der Waals surface area contributed by atoms with Gasteiger partial charge in [0, 0.05) is 35.8 Å². The molecule has 1 aromatic rings. The minimum Gasteiger partial charge on any atom is -0.478 e. The lowest BCUT2D eigenvalue weighted by Crippen LogP contribution is -2.45. The quantitative estimate of drug-likeness (QED) is 0.268. The summed E-state index contributed by atoms with van der Waals surface area (Å²) in [6.45, 7) is 10.4. The highest BCUT2D eigenvalue weighted by atomic mass is 35.5. The number of halogens is 4. The molecule has 1 aliphatic heterocycles. The molecule has 0 unspecified atom stereocenters. The number of aryl methyl sites for hydroxylation is 1. The molecule has 5 nitrogen and oxygen atoms in total. The number of nitrogens with one attached hydrogen (secondary N) is 1. The molecule has 2 N–H and O–H groups in total. The van der Waals surface area contributed by atoms with Gasteiger partial charge in [0.15, 0.2) is 0 Å². The Morgan fingerprint density at radius 1 is 1.24 bits per heavy atom. The van der Waals surface area contributed by atoms with Crippen molar-refractivity contribution in [3.05, 3.63) is 70.4 Å². The number of piperidine rings is 1. The van der Waals surface area contributed by atoms with Gasteiger partial charge in [-0.15, -0.1) is 0 Å². The molecule has 9 heteroatoms. The average Bonchev–Trinajstić information content (AvgIpc) is 2.85. The van der Waals surface area contributed by atoms with Crippen molar-refractivity contribution < 1.29 is 27.9 Å². The highest BCUT2D eigenvalue weighted by Crippen LogP contribution is 2.28. The molecule has 2 rings (SSSR count). The number of alkyl halides is 3. The molecule has 1 heterocycles. The third-order valence-electron chi connectivity index (χ3n) is 7.18. The van der Waals surface area contributed by atoms with Crippen LogP contribution in [-0.2, 0) is 11.2 Å². The van der Waals surface area contributed by atoms with Crippen LogP contribution in [0.2, 0.25) is 5.02 Å². The second kappa shape index (κ2) is 14.4. The topological polar surface area (TPSA) is 69.6 Å². The molecule has 1 aliphatic rings. The van der Waals surface area contributed by atoms with Crippen molar-refractivity contribution in [2.75, 3.05) is 13.1 Å². The SMILES string of the molecule is C=C(/C=C\C(=C/C)C(F)(F)F)N1CCC(C(=O)N[C@@H](C)[C@@H](CCC)CCc2cc(Cl)ccc2C(=O)O)CC1. The normalized spacial score (nSPS) is 16.9. The van der Waals surface area contributed by atoms with Gasteiger partial charge in [-0.3, -0.25) is 4.79 Å². The lowest BCUT2D eigenvalue weighted by atomic mass is 9.87. The van der Waals surface area contributed by atoms with Crippen molar-refractivity contribution in [3.63, 3.8) is 0 Å². The van der Waals surface area contributed by atoms with E-state index in [-0.39, 0.29) is 29.3 Å². The summed E-state index contributed by atoms with van der Waals surface area (Å²) in [4.78, 5) is 26.5. The summed E-state index contributed by atoms with van der Waals surface area (Å²) in [6.07, 6.45) is 3.27. The third kappa shape index (κ3) is 9.22. The molecular formula is C29H38ClF3N2O3. The molecular weight excluding hydrogens is 517 g/mol. The number of carbonyl (C=O) groups is 2. The summed E-state index contributed by atoms with van der Waals surface area (Å²) in [7, 11) is 0. The maximum absolute atomic E-state index is 13.0. The zero-order chi connectivity index (χ0) is 28.5. The first kappa shape index (κ1) is 31.5. The van der Waals surface area contributed by atoms with E-state index in [0.29, 0.717) is 55.1 Å². The van der Waals surface area contributed by atoms with Gasteiger partial charge in [-0.25, -0.2) is 4.79 Å². The van der Waals surface area contributed by atoms with Crippen LogP contribution in [0, 0.1) is 11.8 Å². The van der Waals surface area contributed by atoms with Crippen LogP contribution in [-0.4, -0.2) is 47.2 Å². The molecule has 0 aromatic heterocycles. The van der Waals surface area contributed by atoms with Crippen molar-refractivity contribution >= 4 is 23.5 Å². The Hall–Kier alpha value is -2.74. The van der Waals surface area contributed by atoms with Crippen LogP contribution in [0.15, 0.2) is 54.3 Å². The molecule has 0 saturated carbocycles. The Morgan fingerprint density at radius 2 is 1.89 bits per heavy atom. The first-order valence-electron chi connectivity index (χ1n) is 13.0. The molecule has 210 valence electrons. The summed E-state index contributed by atoms with van der Waals surface area (Å²) >= 11 is 6.09. The highest BCUT2D eigenvalue weighted by molar-refractivity contribution is 6.30. The molecule has 0 bridgehead atoms. The number of amides is 1. The fourth-order valence-corrected chi connectivity index (χ4v) is 5.06. The van der Waals surface area contributed by atoms with Crippen LogP contribution >= 0.6 is 11.6 Å². The number of benzene rings is 1. The maximum Gasteiger partial charge on any atom is 0.416 e.